The van der Waals surface area contributed by atoms with Gasteiger partial charge in [0.15, 0.2) is 5.60 Å². The summed E-state index contributed by atoms with van der Waals surface area (Å²) in [6.45, 7) is 4.16. The summed E-state index contributed by atoms with van der Waals surface area (Å²) in [6, 6.07) is 15.3. The predicted molar refractivity (Wildman–Crippen MR) is 130 cm³/mol. The molecular formula is C27H32N2O6. The lowest BCUT2D eigenvalue weighted by Crippen LogP contribution is -2.60. The Bertz CT molecular complexity index is 1070. The lowest BCUT2D eigenvalue weighted by molar-refractivity contribution is -0.171. The summed E-state index contributed by atoms with van der Waals surface area (Å²) in [7, 11) is 1.34. The van der Waals surface area contributed by atoms with Gasteiger partial charge in [-0.3, -0.25) is 4.79 Å². The number of ether oxygens (including phenoxy) is 2. The number of amides is 2. The molecule has 4 rings (SSSR count). The third-order valence-electron chi connectivity index (χ3n) is 7.10. The van der Waals surface area contributed by atoms with Crippen LogP contribution in [0.1, 0.15) is 43.7 Å². The Morgan fingerprint density at radius 2 is 1.69 bits per heavy atom. The maximum Gasteiger partial charge on any atom is 0.407 e. The normalized spacial score (nSPS) is 20.2. The van der Waals surface area contributed by atoms with Crippen molar-refractivity contribution in [2.75, 3.05) is 26.8 Å². The summed E-state index contributed by atoms with van der Waals surface area (Å²) in [5, 5.41) is 12.4. The average Bonchev–Trinajstić information content (AvgIpc) is 3.19. The van der Waals surface area contributed by atoms with Gasteiger partial charge >= 0.3 is 12.1 Å². The van der Waals surface area contributed by atoms with Crippen molar-refractivity contribution in [3.8, 4) is 11.1 Å². The number of carbonyl (C=O) groups excluding carboxylic acids is 2. The number of carboxylic acids is 1. The van der Waals surface area contributed by atoms with Gasteiger partial charge in [0.1, 0.15) is 12.6 Å². The minimum absolute atomic E-state index is 0.0622. The highest BCUT2D eigenvalue weighted by atomic mass is 16.5. The Balaban J connectivity index is 1.43. The number of alkyl carbamates (subject to hydrolysis) is 1. The Labute approximate surface area is 205 Å². The van der Waals surface area contributed by atoms with Gasteiger partial charge in [-0.05, 0) is 41.0 Å². The van der Waals surface area contributed by atoms with Gasteiger partial charge in [-0.25, -0.2) is 9.59 Å². The average molecular weight is 481 g/mol. The van der Waals surface area contributed by atoms with Crippen molar-refractivity contribution in [3.05, 3.63) is 59.7 Å². The van der Waals surface area contributed by atoms with Crippen molar-refractivity contribution >= 4 is 18.0 Å². The van der Waals surface area contributed by atoms with Gasteiger partial charge in [-0.1, -0.05) is 62.4 Å². The van der Waals surface area contributed by atoms with Gasteiger partial charge in [-0.15, -0.1) is 0 Å². The van der Waals surface area contributed by atoms with Crippen LogP contribution in [0, 0.1) is 5.92 Å². The number of fused-ring (bicyclic) bond motifs is 3. The number of hydrogen-bond donors (Lipinski definition) is 2. The van der Waals surface area contributed by atoms with E-state index in [-0.39, 0.29) is 30.9 Å². The molecule has 8 nitrogen and oxygen atoms in total. The summed E-state index contributed by atoms with van der Waals surface area (Å²) in [4.78, 5) is 39.3. The van der Waals surface area contributed by atoms with Gasteiger partial charge in [0, 0.05) is 19.6 Å². The number of benzene rings is 2. The molecule has 0 bridgehead atoms. The highest BCUT2D eigenvalue weighted by Gasteiger charge is 2.45. The minimum atomic E-state index is -1.43. The fourth-order valence-electron chi connectivity index (χ4n) is 5.12. The predicted octanol–water partition coefficient (Wildman–Crippen LogP) is 3.64. The maximum atomic E-state index is 13.3. The fourth-order valence-corrected chi connectivity index (χ4v) is 5.12. The number of likely N-dealkylation sites (tertiary alicyclic amines) is 1. The van der Waals surface area contributed by atoms with Crippen LogP contribution >= 0.6 is 0 Å². The number of aliphatic carboxylic acids is 1. The fraction of sp³-hybridized carbons (Fsp3) is 0.444. The Hall–Kier alpha value is -3.39. The molecule has 2 N–H and O–H groups in total. The van der Waals surface area contributed by atoms with E-state index in [2.05, 4.69) is 17.4 Å². The minimum Gasteiger partial charge on any atom is -0.479 e. The van der Waals surface area contributed by atoms with Crippen LogP contribution in [0.3, 0.4) is 0 Å². The van der Waals surface area contributed by atoms with E-state index in [9.17, 15) is 19.5 Å². The van der Waals surface area contributed by atoms with Crippen molar-refractivity contribution < 1.29 is 29.0 Å². The first-order chi connectivity index (χ1) is 16.8. The summed E-state index contributed by atoms with van der Waals surface area (Å²) in [5.74, 6) is -1.73. The van der Waals surface area contributed by atoms with E-state index < -0.39 is 23.7 Å². The van der Waals surface area contributed by atoms with Gasteiger partial charge in [0.25, 0.3) is 0 Å². The van der Waals surface area contributed by atoms with E-state index >= 15 is 0 Å². The van der Waals surface area contributed by atoms with Gasteiger partial charge in [-0.2, -0.15) is 0 Å². The topological polar surface area (TPSA) is 105 Å². The standard InChI is InChI=1S/C27H32N2O6/c1-17(2)23(24(30)29-14-8-13-27(16-29,34-3)25(31)32)28-26(33)35-15-22-20-11-6-4-9-18(20)19-10-5-7-12-21(19)22/h4-7,9-12,17,22-23H,8,13-16H2,1-3H3,(H,28,33)(H,31,32)/t23-,27?/m1/s1. The van der Waals surface area contributed by atoms with Crippen LogP contribution in [0.4, 0.5) is 4.79 Å². The van der Waals surface area contributed by atoms with E-state index in [1.54, 1.807) is 0 Å². The number of nitrogens with zero attached hydrogens (tertiary/aromatic N) is 1. The molecule has 2 atom stereocenters. The summed E-state index contributed by atoms with van der Waals surface area (Å²) in [6.07, 6.45) is 0.156. The SMILES string of the molecule is COC1(C(=O)O)CCCN(C(=O)[C@H](NC(=O)OCC2c3ccccc3-c3ccccc32)C(C)C)C1. The maximum absolute atomic E-state index is 13.3. The van der Waals surface area contributed by atoms with E-state index in [0.29, 0.717) is 19.4 Å². The molecule has 2 aliphatic rings. The van der Waals surface area contributed by atoms with Crippen LogP contribution in [0.5, 0.6) is 0 Å². The van der Waals surface area contributed by atoms with Crippen molar-refractivity contribution in [3.63, 3.8) is 0 Å². The monoisotopic (exact) mass is 480 g/mol. The smallest absolute Gasteiger partial charge is 0.407 e. The highest BCUT2D eigenvalue weighted by molar-refractivity contribution is 5.87. The van der Waals surface area contributed by atoms with Crippen LogP contribution in [0.15, 0.2) is 48.5 Å². The molecular weight excluding hydrogens is 448 g/mol. The third-order valence-corrected chi connectivity index (χ3v) is 7.10. The number of methoxy groups -OCH3 is 1. The number of rotatable bonds is 7. The molecule has 1 saturated heterocycles. The molecule has 186 valence electrons. The summed E-state index contributed by atoms with van der Waals surface area (Å²) >= 11 is 0. The first-order valence-corrected chi connectivity index (χ1v) is 12.0. The third kappa shape index (κ3) is 4.75. The molecule has 1 fully saturated rings. The largest absolute Gasteiger partial charge is 0.479 e. The van der Waals surface area contributed by atoms with Crippen molar-refractivity contribution in [1.82, 2.24) is 10.2 Å². The van der Waals surface area contributed by atoms with Crippen LogP contribution in [-0.2, 0) is 19.1 Å². The highest BCUT2D eigenvalue weighted by Crippen LogP contribution is 2.44. The molecule has 2 aromatic rings. The molecule has 2 amide bonds. The molecule has 1 aliphatic carbocycles. The molecule has 1 heterocycles. The quantitative estimate of drug-likeness (QED) is 0.627. The molecule has 0 saturated carbocycles. The van der Waals surface area contributed by atoms with Crippen molar-refractivity contribution in [2.24, 2.45) is 5.92 Å². The Morgan fingerprint density at radius 3 is 2.23 bits per heavy atom. The van der Waals surface area contributed by atoms with Gasteiger partial charge in [0.2, 0.25) is 5.91 Å². The molecule has 8 heteroatoms. The molecule has 0 aromatic heterocycles. The molecule has 0 spiro atoms. The molecule has 1 unspecified atom stereocenters. The Morgan fingerprint density at radius 1 is 1.09 bits per heavy atom. The van der Waals surface area contributed by atoms with Crippen LogP contribution < -0.4 is 5.32 Å². The van der Waals surface area contributed by atoms with Crippen molar-refractivity contribution in [1.29, 1.82) is 0 Å². The number of carbonyl (C=O) groups is 3. The summed E-state index contributed by atoms with van der Waals surface area (Å²) in [5.41, 5.74) is 3.06. The number of carboxylic acid groups (broad SMARTS) is 1. The van der Waals surface area contributed by atoms with Crippen LogP contribution in [0.2, 0.25) is 0 Å². The molecule has 35 heavy (non-hydrogen) atoms. The second-order valence-corrected chi connectivity index (χ2v) is 9.56. The van der Waals surface area contributed by atoms with Crippen LogP contribution in [-0.4, -0.2) is 66.4 Å². The van der Waals surface area contributed by atoms with E-state index in [1.165, 1.54) is 12.0 Å². The zero-order valence-electron chi connectivity index (χ0n) is 20.3. The molecule has 2 aromatic carbocycles. The number of piperidine rings is 1. The summed E-state index contributed by atoms with van der Waals surface area (Å²) < 4.78 is 10.9. The van der Waals surface area contributed by atoms with Crippen molar-refractivity contribution in [2.45, 2.75) is 44.2 Å². The van der Waals surface area contributed by atoms with E-state index in [1.807, 2.05) is 50.2 Å². The Kier molecular flexibility index (Phi) is 7.12. The zero-order valence-corrected chi connectivity index (χ0v) is 20.3. The lowest BCUT2D eigenvalue weighted by atomic mass is 9.91. The van der Waals surface area contributed by atoms with Gasteiger partial charge < -0.3 is 24.8 Å². The number of nitrogens with one attached hydrogen (secondary N) is 1. The van der Waals surface area contributed by atoms with Crippen LogP contribution in [0.25, 0.3) is 11.1 Å². The second kappa shape index (κ2) is 10.1. The first-order valence-electron chi connectivity index (χ1n) is 12.0. The van der Waals surface area contributed by atoms with E-state index in [0.717, 1.165) is 22.3 Å². The molecule has 0 radical (unpaired) electrons. The van der Waals surface area contributed by atoms with E-state index in [4.69, 9.17) is 9.47 Å². The molecule has 1 aliphatic heterocycles. The zero-order chi connectivity index (χ0) is 25.2. The lowest BCUT2D eigenvalue weighted by Gasteiger charge is -2.40. The second-order valence-electron chi connectivity index (χ2n) is 9.56. The van der Waals surface area contributed by atoms with Gasteiger partial charge in [0.05, 0.1) is 6.54 Å². The first kappa shape index (κ1) is 24.7. The number of hydrogen-bond acceptors (Lipinski definition) is 5.